The predicted octanol–water partition coefficient (Wildman–Crippen LogP) is 1.73. The van der Waals surface area contributed by atoms with Crippen LogP contribution in [-0.4, -0.2) is 22.7 Å². The lowest BCUT2D eigenvalue weighted by Crippen LogP contribution is -2.19. The van der Waals surface area contributed by atoms with Crippen molar-refractivity contribution in [1.82, 2.24) is 15.1 Å². The van der Waals surface area contributed by atoms with Crippen molar-refractivity contribution in [3.63, 3.8) is 0 Å². The number of amides is 1. The minimum absolute atomic E-state index is 0.134. The topological polar surface area (TPSA) is 46.9 Å². The number of nitrogens with zero attached hydrogens (tertiary/aromatic N) is 2. The van der Waals surface area contributed by atoms with Crippen molar-refractivity contribution in [2.75, 3.05) is 7.05 Å². The average molecular weight is 230 g/mol. The monoisotopic (exact) mass is 229 g/mol. The molecule has 0 spiro atoms. The van der Waals surface area contributed by atoms with Crippen molar-refractivity contribution in [2.24, 2.45) is 7.05 Å². The molecule has 0 saturated carbocycles. The first-order valence-electron chi connectivity index (χ1n) is 4.74. The average Bonchev–Trinajstić information content (AvgIpc) is 2.39. The predicted molar refractivity (Wildman–Crippen MR) is 60.3 cm³/mol. The summed E-state index contributed by atoms with van der Waals surface area (Å²) in [5.74, 6) is -0.258. The Morgan fingerprint density at radius 1 is 1.47 bits per heavy atom. The van der Waals surface area contributed by atoms with Crippen molar-refractivity contribution in [3.05, 3.63) is 16.4 Å². The molecule has 0 aromatic carbocycles. The maximum atomic E-state index is 11.5. The number of aromatic nitrogens is 2. The van der Waals surface area contributed by atoms with Gasteiger partial charge in [-0.25, -0.2) is 0 Å². The van der Waals surface area contributed by atoms with Gasteiger partial charge in [-0.05, 0) is 0 Å². The highest BCUT2D eigenvalue weighted by molar-refractivity contribution is 6.34. The summed E-state index contributed by atoms with van der Waals surface area (Å²) < 4.78 is 1.66. The number of rotatable bonds is 1. The van der Waals surface area contributed by atoms with Gasteiger partial charge in [0.15, 0.2) is 5.69 Å². The third-order valence-corrected chi connectivity index (χ3v) is 2.50. The second kappa shape index (κ2) is 3.85. The zero-order valence-electron chi connectivity index (χ0n) is 9.68. The van der Waals surface area contributed by atoms with Crippen LogP contribution in [0.4, 0.5) is 0 Å². The fourth-order valence-corrected chi connectivity index (χ4v) is 2.11. The Bertz CT molecular complexity index is 390. The summed E-state index contributed by atoms with van der Waals surface area (Å²) in [6, 6.07) is 0. The first kappa shape index (κ1) is 12.0. The van der Waals surface area contributed by atoms with Gasteiger partial charge < -0.3 is 5.32 Å². The number of carbonyl (C=O) groups excluding carboxylic acids is 1. The maximum absolute atomic E-state index is 11.5. The molecule has 5 heteroatoms. The van der Waals surface area contributed by atoms with Crippen LogP contribution in [0.15, 0.2) is 0 Å². The molecule has 0 fully saturated rings. The zero-order valence-corrected chi connectivity index (χ0v) is 10.4. The molecule has 1 aromatic rings. The molecule has 1 amide bonds. The van der Waals surface area contributed by atoms with Crippen molar-refractivity contribution in [2.45, 2.75) is 26.2 Å². The van der Waals surface area contributed by atoms with Gasteiger partial charge in [0, 0.05) is 19.5 Å². The summed E-state index contributed by atoms with van der Waals surface area (Å²) in [6.07, 6.45) is 0. The van der Waals surface area contributed by atoms with E-state index in [0.29, 0.717) is 5.02 Å². The molecule has 0 radical (unpaired) electrons. The zero-order chi connectivity index (χ0) is 11.8. The molecule has 1 heterocycles. The first-order chi connectivity index (χ1) is 6.79. The van der Waals surface area contributed by atoms with Gasteiger partial charge in [-0.1, -0.05) is 32.4 Å². The molecule has 15 heavy (non-hydrogen) atoms. The Morgan fingerprint density at radius 3 is 2.33 bits per heavy atom. The number of aryl methyl sites for hydroxylation is 1. The van der Waals surface area contributed by atoms with Crippen LogP contribution < -0.4 is 5.32 Å². The lowest BCUT2D eigenvalue weighted by atomic mass is 9.92. The first-order valence-corrected chi connectivity index (χ1v) is 5.12. The van der Waals surface area contributed by atoms with Crippen molar-refractivity contribution < 1.29 is 4.79 Å². The van der Waals surface area contributed by atoms with E-state index in [9.17, 15) is 4.79 Å². The van der Waals surface area contributed by atoms with Crippen LogP contribution in [-0.2, 0) is 12.5 Å². The molecule has 1 aromatic heterocycles. The molecule has 4 nitrogen and oxygen atoms in total. The smallest absolute Gasteiger partial charge is 0.273 e. The van der Waals surface area contributed by atoms with Gasteiger partial charge in [-0.2, -0.15) is 5.10 Å². The van der Waals surface area contributed by atoms with Gasteiger partial charge in [0.1, 0.15) is 0 Å². The second-order valence-corrected chi connectivity index (χ2v) is 4.84. The second-order valence-electron chi connectivity index (χ2n) is 4.46. The van der Waals surface area contributed by atoms with E-state index in [2.05, 4.69) is 10.4 Å². The Kier molecular flexibility index (Phi) is 3.09. The minimum atomic E-state index is -0.258. The van der Waals surface area contributed by atoms with Crippen molar-refractivity contribution >= 4 is 17.5 Å². The standard InChI is InChI=1S/C10H16ClN3O/c1-10(2,3)8-6(11)7(9(15)12-4)13-14(8)5/h1-5H3,(H,12,15). The molecular formula is C10H16ClN3O. The highest BCUT2D eigenvalue weighted by atomic mass is 35.5. The lowest BCUT2D eigenvalue weighted by Gasteiger charge is -2.19. The molecular weight excluding hydrogens is 214 g/mol. The summed E-state index contributed by atoms with van der Waals surface area (Å²) >= 11 is 6.14. The lowest BCUT2D eigenvalue weighted by molar-refractivity contribution is 0.0957. The summed E-state index contributed by atoms with van der Waals surface area (Å²) in [7, 11) is 3.35. The summed E-state index contributed by atoms with van der Waals surface area (Å²) in [4.78, 5) is 11.5. The number of nitrogens with one attached hydrogen (secondary N) is 1. The molecule has 0 bridgehead atoms. The molecule has 0 unspecified atom stereocenters. The third-order valence-electron chi connectivity index (χ3n) is 2.14. The van der Waals surface area contributed by atoms with Crippen LogP contribution >= 0.6 is 11.6 Å². The van der Waals surface area contributed by atoms with Crippen molar-refractivity contribution in [3.8, 4) is 0 Å². The SMILES string of the molecule is CNC(=O)c1nn(C)c(C(C)(C)C)c1Cl. The summed E-state index contributed by atoms with van der Waals surface area (Å²) in [6.45, 7) is 6.09. The molecule has 84 valence electrons. The van der Waals surface area contributed by atoms with Crippen LogP contribution in [0, 0.1) is 0 Å². The van der Waals surface area contributed by atoms with E-state index in [-0.39, 0.29) is 17.0 Å². The van der Waals surface area contributed by atoms with Crippen LogP contribution in [0.5, 0.6) is 0 Å². The number of hydrogen-bond acceptors (Lipinski definition) is 2. The van der Waals surface area contributed by atoms with Crippen LogP contribution in [0.3, 0.4) is 0 Å². The van der Waals surface area contributed by atoms with Gasteiger partial charge in [0.05, 0.1) is 10.7 Å². The van der Waals surface area contributed by atoms with E-state index in [1.54, 1.807) is 18.8 Å². The van der Waals surface area contributed by atoms with Crippen LogP contribution in [0.1, 0.15) is 37.0 Å². The number of halogens is 1. The molecule has 0 atom stereocenters. The van der Waals surface area contributed by atoms with Gasteiger partial charge in [-0.15, -0.1) is 0 Å². The Labute approximate surface area is 94.6 Å². The number of hydrogen-bond donors (Lipinski definition) is 1. The maximum Gasteiger partial charge on any atom is 0.273 e. The van der Waals surface area contributed by atoms with Gasteiger partial charge in [-0.3, -0.25) is 9.48 Å². The highest BCUT2D eigenvalue weighted by Crippen LogP contribution is 2.31. The van der Waals surface area contributed by atoms with E-state index in [1.165, 1.54) is 0 Å². The number of carbonyl (C=O) groups is 1. The van der Waals surface area contributed by atoms with E-state index >= 15 is 0 Å². The fraction of sp³-hybridized carbons (Fsp3) is 0.600. The van der Waals surface area contributed by atoms with E-state index in [4.69, 9.17) is 11.6 Å². The van der Waals surface area contributed by atoms with E-state index < -0.39 is 0 Å². The molecule has 1 N–H and O–H groups in total. The Morgan fingerprint density at radius 2 is 2.00 bits per heavy atom. The Hall–Kier alpha value is -1.03. The summed E-state index contributed by atoms with van der Waals surface area (Å²) in [5.41, 5.74) is 1.01. The Balaban J connectivity index is 3.33. The molecule has 1 rings (SSSR count). The van der Waals surface area contributed by atoms with Crippen LogP contribution in [0.25, 0.3) is 0 Å². The highest BCUT2D eigenvalue weighted by Gasteiger charge is 2.27. The molecule has 0 aliphatic heterocycles. The third kappa shape index (κ3) is 2.15. The van der Waals surface area contributed by atoms with Crippen LogP contribution in [0.2, 0.25) is 5.02 Å². The van der Waals surface area contributed by atoms with Gasteiger partial charge in [0.25, 0.3) is 5.91 Å². The van der Waals surface area contributed by atoms with E-state index in [0.717, 1.165) is 5.69 Å². The summed E-state index contributed by atoms with van der Waals surface area (Å²) in [5, 5.41) is 7.07. The quantitative estimate of drug-likeness (QED) is 0.797. The van der Waals surface area contributed by atoms with E-state index in [1.807, 2.05) is 20.8 Å². The largest absolute Gasteiger partial charge is 0.354 e. The molecule has 0 aliphatic rings. The molecule has 0 aliphatic carbocycles. The fourth-order valence-electron chi connectivity index (χ4n) is 1.58. The normalized spacial score (nSPS) is 11.6. The van der Waals surface area contributed by atoms with Crippen molar-refractivity contribution in [1.29, 1.82) is 0 Å². The van der Waals surface area contributed by atoms with Gasteiger partial charge in [0.2, 0.25) is 0 Å². The minimum Gasteiger partial charge on any atom is -0.354 e. The molecule has 0 saturated heterocycles. The van der Waals surface area contributed by atoms with Gasteiger partial charge >= 0.3 is 0 Å².